The standard InChI is InChI=1S/C30H33NO2S2/c1-24-11-13-27(14-12-24)35(32)23-30(33-21-25-7-3-2-4-8-25)16-19-31(20-17-30)18-15-26-22-34-29-10-6-5-9-28(26)29/h2-14,22H,15-21,23H2,1H3. The first kappa shape index (κ1) is 24.4. The predicted octanol–water partition coefficient (Wildman–Crippen LogP) is 6.61. The monoisotopic (exact) mass is 503 g/mol. The minimum Gasteiger partial charge on any atom is -0.369 e. The highest BCUT2D eigenvalue weighted by Gasteiger charge is 2.37. The molecule has 35 heavy (non-hydrogen) atoms. The zero-order chi connectivity index (χ0) is 24.1. The number of likely N-dealkylation sites (tertiary alicyclic amines) is 1. The molecular weight excluding hydrogens is 470 g/mol. The maximum Gasteiger partial charge on any atom is 0.0829 e. The van der Waals surface area contributed by atoms with Gasteiger partial charge in [-0.1, -0.05) is 66.2 Å². The number of piperidine rings is 1. The lowest BCUT2D eigenvalue weighted by Gasteiger charge is -2.41. The molecule has 1 aliphatic rings. The number of ether oxygens (including phenoxy) is 1. The van der Waals surface area contributed by atoms with Crippen LogP contribution in [0.15, 0.2) is 89.1 Å². The fourth-order valence-corrected chi connectivity index (χ4v) is 7.30. The van der Waals surface area contributed by atoms with Crippen LogP contribution in [0.25, 0.3) is 10.1 Å². The Hall–Kier alpha value is -2.31. The van der Waals surface area contributed by atoms with Gasteiger partial charge in [-0.2, -0.15) is 0 Å². The maximum atomic E-state index is 13.3. The summed E-state index contributed by atoms with van der Waals surface area (Å²) in [5, 5.41) is 3.70. The quantitative estimate of drug-likeness (QED) is 0.257. The molecular formula is C30H33NO2S2. The highest BCUT2D eigenvalue weighted by atomic mass is 32.2. The van der Waals surface area contributed by atoms with E-state index in [9.17, 15) is 4.21 Å². The molecule has 3 aromatic carbocycles. The molecule has 2 heterocycles. The molecule has 1 aromatic heterocycles. The van der Waals surface area contributed by atoms with Crippen molar-refractivity contribution in [1.82, 2.24) is 4.90 Å². The number of benzene rings is 3. The molecule has 0 bridgehead atoms. The van der Waals surface area contributed by atoms with Crippen LogP contribution >= 0.6 is 11.3 Å². The molecule has 1 saturated heterocycles. The number of fused-ring (bicyclic) bond motifs is 1. The molecule has 3 nitrogen and oxygen atoms in total. The first-order chi connectivity index (χ1) is 17.1. The fraction of sp³-hybridized carbons (Fsp3) is 0.333. The smallest absolute Gasteiger partial charge is 0.0829 e. The molecule has 0 amide bonds. The number of aryl methyl sites for hydroxylation is 1. The van der Waals surface area contributed by atoms with E-state index in [1.54, 1.807) is 0 Å². The number of rotatable bonds is 9. The van der Waals surface area contributed by atoms with Crippen molar-refractivity contribution in [2.75, 3.05) is 25.4 Å². The highest BCUT2D eigenvalue weighted by Crippen LogP contribution is 2.31. The summed E-state index contributed by atoms with van der Waals surface area (Å²) in [6, 6.07) is 27.1. The summed E-state index contributed by atoms with van der Waals surface area (Å²) in [4.78, 5) is 3.44. The van der Waals surface area contributed by atoms with Crippen LogP contribution in [0, 0.1) is 6.92 Å². The van der Waals surface area contributed by atoms with Gasteiger partial charge in [-0.15, -0.1) is 11.3 Å². The van der Waals surface area contributed by atoms with Crippen molar-refractivity contribution in [3.05, 3.63) is 101 Å². The summed E-state index contributed by atoms with van der Waals surface area (Å²) < 4.78 is 21.3. The van der Waals surface area contributed by atoms with Gasteiger partial charge < -0.3 is 9.64 Å². The van der Waals surface area contributed by atoms with Crippen molar-refractivity contribution < 1.29 is 8.95 Å². The van der Waals surface area contributed by atoms with Crippen LogP contribution in [0.4, 0.5) is 0 Å². The summed E-state index contributed by atoms with van der Waals surface area (Å²) in [5.41, 5.74) is 3.44. The van der Waals surface area contributed by atoms with Gasteiger partial charge in [0, 0.05) is 29.2 Å². The lowest BCUT2D eigenvalue weighted by Crippen LogP contribution is -2.49. The molecule has 1 atom stereocenters. The molecule has 5 heteroatoms. The molecule has 0 spiro atoms. The van der Waals surface area contributed by atoms with Crippen molar-refractivity contribution in [3.63, 3.8) is 0 Å². The molecule has 0 aliphatic carbocycles. The summed E-state index contributed by atoms with van der Waals surface area (Å²) in [7, 11) is -1.08. The van der Waals surface area contributed by atoms with Crippen molar-refractivity contribution in [3.8, 4) is 0 Å². The van der Waals surface area contributed by atoms with Crippen molar-refractivity contribution in [2.24, 2.45) is 0 Å². The number of nitrogens with zero attached hydrogens (tertiary/aromatic N) is 1. The maximum absolute atomic E-state index is 13.3. The first-order valence-corrected chi connectivity index (χ1v) is 14.6. The van der Waals surface area contributed by atoms with E-state index in [0.717, 1.165) is 43.8 Å². The van der Waals surface area contributed by atoms with Gasteiger partial charge in [-0.25, -0.2) is 0 Å². The van der Waals surface area contributed by atoms with Gasteiger partial charge in [-0.3, -0.25) is 4.21 Å². The second-order valence-corrected chi connectivity index (χ2v) is 12.0. The Balaban J connectivity index is 1.24. The van der Waals surface area contributed by atoms with Gasteiger partial charge >= 0.3 is 0 Å². The van der Waals surface area contributed by atoms with E-state index >= 15 is 0 Å². The highest BCUT2D eigenvalue weighted by molar-refractivity contribution is 7.85. The van der Waals surface area contributed by atoms with Gasteiger partial charge in [0.05, 0.1) is 28.8 Å². The third-order valence-electron chi connectivity index (χ3n) is 7.09. The van der Waals surface area contributed by atoms with Gasteiger partial charge in [0.25, 0.3) is 0 Å². The average molecular weight is 504 g/mol. The second kappa shape index (κ2) is 11.2. The van der Waals surface area contributed by atoms with Crippen molar-refractivity contribution in [1.29, 1.82) is 0 Å². The Morgan fingerprint density at radius 1 is 0.943 bits per heavy atom. The summed E-state index contributed by atoms with van der Waals surface area (Å²) in [6.07, 6.45) is 2.88. The first-order valence-electron chi connectivity index (χ1n) is 12.4. The zero-order valence-corrected chi connectivity index (χ0v) is 22.0. The SMILES string of the molecule is Cc1ccc(S(=O)CC2(OCc3ccccc3)CCN(CCc3csc4ccccc34)CC2)cc1. The summed E-state index contributed by atoms with van der Waals surface area (Å²) in [5.74, 6) is 0.548. The summed E-state index contributed by atoms with van der Waals surface area (Å²) >= 11 is 1.84. The van der Waals surface area contributed by atoms with Gasteiger partial charge in [0.2, 0.25) is 0 Å². The third-order valence-corrected chi connectivity index (χ3v) is 9.69. The molecule has 0 N–H and O–H groups in total. The summed E-state index contributed by atoms with van der Waals surface area (Å²) in [6.45, 7) is 5.62. The Kier molecular flexibility index (Phi) is 7.78. The molecule has 0 saturated carbocycles. The molecule has 1 unspecified atom stereocenters. The van der Waals surface area contributed by atoms with E-state index in [1.165, 1.54) is 26.8 Å². The van der Waals surface area contributed by atoms with Crippen LogP contribution in [0.3, 0.4) is 0 Å². The Bertz CT molecular complexity index is 1260. The number of hydrogen-bond acceptors (Lipinski definition) is 4. The Morgan fingerprint density at radius 3 is 2.43 bits per heavy atom. The van der Waals surface area contributed by atoms with E-state index in [0.29, 0.717) is 12.4 Å². The normalized spacial score (nSPS) is 16.9. The molecule has 1 fully saturated rings. The van der Waals surface area contributed by atoms with Crippen LogP contribution in [0.5, 0.6) is 0 Å². The van der Waals surface area contributed by atoms with E-state index < -0.39 is 10.8 Å². The minimum absolute atomic E-state index is 0.364. The number of hydrogen-bond donors (Lipinski definition) is 0. The van der Waals surface area contributed by atoms with Crippen LogP contribution in [0.1, 0.15) is 29.5 Å². The topological polar surface area (TPSA) is 29.5 Å². The second-order valence-electron chi connectivity index (χ2n) is 9.61. The predicted molar refractivity (Wildman–Crippen MR) is 148 cm³/mol. The van der Waals surface area contributed by atoms with Crippen LogP contribution in [0.2, 0.25) is 0 Å². The van der Waals surface area contributed by atoms with E-state index in [-0.39, 0.29) is 5.60 Å². The van der Waals surface area contributed by atoms with Gasteiger partial charge in [0.1, 0.15) is 0 Å². The lowest BCUT2D eigenvalue weighted by molar-refractivity contribution is -0.0772. The molecule has 1 aliphatic heterocycles. The molecule has 5 rings (SSSR count). The third kappa shape index (κ3) is 6.10. The Labute approximate surface area is 215 Å². The fourth-order valence-electron chi connectivity index (χ4n) is 4.84. The van der Waals surface area contributed by atoms with Crippen molar-refractivity contribution >= 4 is 32.2 Å². The molecule has 182 valence electrons. The van der Waals surface area contributed by atoms with E-state index in [1.807, 2.05) is 53.8 Å². The minimum atomic E-state index is -1.08. The zero-order valence-electron chi connectivity index (χ0n) is 20.3. The Morgan fingerprint density at radius 2 is 1.66 bits per heavy atom. The van der Waals surface area contributed by atoms with Crippen molar-refractivity contribution in [2.45, 2.75) is 43.3 Å². The van der Waals surface area contributed by atoms with Crippen LogP contribution in [-0.4, -0.2) is 40.1 Å². The number of thiophene rings is 1. The largest absolute Gasteiger partial charge is 0.369 e. The van der Waals surface area contributed by atoms with Crippen LogP contribution < -0.4 is 0 Å². The average Bonchev–Trinajstić information content (AvgIpc) is 3.31. The van der Waals surface area contributed by atoms with E-state index in [2.05, 4.69) is 53.6 Å². The van der Waals surface area contributed by atoms with E-state index in [4.69, 9.17) is 4.74 Å². The lowest BCUT2D eigenvalue weighted by atomic mass is 9.92. The molecule has 4 aromatic rings. The van der Waals surface area contributed by atoms with Gasteiger partial charge in [0.15, 0.2) is 0 Å². The van der Waals surface area contributed by atoms with Crippen LogP contribution in [-0.2, 0) is 28.6 Å². The van der Waals surface area contributed by atoms with Gasteiger partial charge in [-0.05, 0) is 66.3 Å². The molecule has 0 radical (unpaired) electrons.